The minimum absolute atomic E-state index is 0.113. The van der Waals surface area contributed by atoms with Crippen molar-refractivity contribution in [1.29, 1.82) is 0 Å². The van der Waals surface area contributed by atoms with E-state index in [0.29, 0.717) is 12.3 Å². The van der Waals surface area contributed by atoms with Gasteiger partial charge < -0.3 is 9.32 Å². The SMILES string of the molecule is CN(Cc1ccc(Br)cc1)C(=O)c1ccco1. The molecule has 0 unspecified atom stereocenters. The fourth-order valence-corrected chi connectivity index (χ4v) is 1.79. The molecule has 0 atom stereocenters. The lowest BCUT2D eigenvalue weighted by molar-refractivity contribution is 0.0753. The monoisotopic (exact) mass is 293 g/mol. The summed E-state index contributed by atoms with van der Waals surface area (Å²) in [6.07, 6.45) is 1.50. The third-order valence-corrected chi connectivity index (χ3v) is 2.94. The quantitative estimate of drug-likeness (QED) is 0.870. The van der Waals surface area contributed by atoms with Gasteiger partial charge in [-0.25, -0.2) is 0 Å². The molecule has 0 radical (unpaired) electrons. The Kier molecular flexibility index (Phi) is 3.64. The molecule has 0 spiro atoms. The lowest BCUT2D eigenvalue weighted by Gasteiger charge is -2.15. The van der Waals surface area contributed by atoms with Crippen molar-refractivity contribution in [1.82, 2.24) is 4.90 Å². The van der Waals surface area contributed by atoms with Gasteiger partial charge in [0.2, 0.25) is 0 Å². The van der Waals surface area contributed by atoms with Crippen LogP contribution in [0.3, 0.4) is 0 Å². The van der Waals surface area contributed by atoms with E-state index in [1.807, 2.05) is 24.3 Å². The van der Waals surface area contributed by atoms with Gasteiger partial charge in [0.15, 0.2) is 5.76 Å². The van der Waals surface area contributed by atoms with Crippen LogP contribution in [0.4, 0.5) is 0 Å². The summed E-state index contributed by atoms with van der Waals surface area (Å²) >= 11 is 3.38. The van der Waals surface area contributed by atoms with Crippen molar-refractivity contribution in [2.24, 2.45) is 0 Å². The zero-order valence-corrected chi connectivity index (χ0v) is 11.0. The number of rotatable bonds is 3. The van der Waals surface area contributed by atoms with Gasteiger partial charge in [-0.3, -0.25) is 4.79 Å². The van der Waals surface area contributed by atoms with Gasteiger partial charge in [0, 0.05) is 18.1 Å². The molecule has 0 aliphatic rings. The van der Waals surface area contributed by atoms with Gasteiger partial charge in [0.1, 0.15) is 0 Å². The molecule has 88 valence electrons. The summed E-state index contributed by atoms with van der Waals surface area (Å²) in [6, 6.07) is 11.3. The van der Waals surface area contributed by atoms with Gasteiger partial charge >= 0.3 is 0 Å². The van der Waals surface area contributed by atoms with E-state index in [9.17, 15) is 4.79 Å². The van der Waals surface area contributed by atoms with E-state index in [1.165, 1.54) is 6.26 Å². The highest BCUT2D eigenvalue weighted by Crippen LogP contribution is 2.13. The number of benzene rings is 1. The zero-order valence-electron chi connectivity index (χ0n) is 9.39. The molecule has 2 aromatic rings. The Morgan fingerprint density at radius 1 is 1.29 bits per heavy atom. The maximum Gasteiger partial charge on any atom is 0.289 e. The summed E-state index contributed by atoms with van der Waals surface area (Å²) in [7, 11) is 1.76. The molecule has 0 fully saturated rings. The number of hydrogen-bond acceptors (Lipinski definition) is 2. The molecule has 0 N–H and O–H groups in total. The summed E-state index contributed by atoms with van der Waals surface area (Å²) in [6.45, 7) is 0.562. The van der Waals surface area contributed by atoms with E-state index in [-0.39, 0.29) is 5.91 Å². The lowest BCUT2D eigenvalue weighted by atomic mass is 10.2. The number of carbonyl (C=O) groups excluding carboxylic acids is 1. The van der Waals surface area contributed by atoms with Crippen LogP contribution in [0.5, 0.6) is 0 Å². The molecule has 0 aliphatic carbocycles. The third kappa shape index (κ3) is 2.97. The van der Waals surface area contributed by atoms with Gasteiger partial charge in [-0.1, -0.05) is 28.1 Å². The smallest absolute Gasteiger partial charge is 0.289 e. The largest absolute Gasteiger partial charge is 0.459 e. The van der Waals surface area contributed by atoms with Crippen molar-refractivity contribution in [3.8, 4) is 0 Å². The fourth-order valence-electron chi connectivity index (χ4n) is 1.52. The van der Waals surface area contributed by atoms with E-state index in [0.717, 1.165) is 10.0 Å². The second kappa shape index (κ2) is 5.19. The minimum atomic E-state index is -0.113. The number of nitrogens with zero attached hydrogens (tertiary/aromatic N) is 1. The number of furan rings is 1. The van der Waals surface area contributed by atoms with E-state index >= 15 is 0 Å². The molecule has 1 aromatic heterocycles. The molecule has 3 nitrogen and oxygen atoms in total. The summed E-state index contributed by atoms with van der Waals surface area (Å²) in [5.41, 5.74) is 1.08. The van der Waals surface area contributed by atoms with Crippen molar-refractivity contribution in [3.05, 3.63) is 58.5 Å². The molecule has 1 amide bonds. The van der Waals surface area contributed by atoms with Crippen LogP contribution >= 0.6 is 15.9 Å². The van der Waals surface area contributed by atoms with Crippen LogP contribution in [0, 0.1) is 0 Å². The van der Waals surface area contributed by atoms with Gasteiger partial charge in [-0.2, -0.15) is 0 Å². The zero-order chi connectivity index (χ0) is 12.3. The van der Waals surface area contributed by atoms with Crippen LogP contribution in [0.2, 0.25) is 0 Å². The molecule has 1 aromatic carbocycles. The molecule has 2 rings (SSSR count). The normalized spacial score (nSPS) is 10.2. The molecule has 1 heterocycles. The van der Waals surface area contributed by atoms with Crippen molar-refractivity contribution in [2.75, 3.05) is 7.05 Å². The Morgan fingerprint density at radius 3 is 2.59 bits per heavy atom. The topological polar surface area (TPSA) is 33.5 Å². The average Bonchev–Trinajstić information content (AvgIpc) is 2.84. The number of carbonyl (C=O) groups is 1. The first kappa shape index (κ1) is 11.9. The van der Waals surface area contributed by atoms with Crippen LogP contribution in [0.15, 0.2) is 51.6 Å². The van der Waals surface area contributed by atoms with Gasteiger partial charge in [0.05, 0.1) is 6.26 Å². The van der Waals surface area contributed by atoms with Crippen LogP contribution in [-0.4, -0.2) is 17.9 Å². The summed E-state index contributed by atoms with van der Waals surface area (Å²) in [4.78, 5) is 13.5. The third-order valence-electron chi connectivity index (χ3n) is 2.41. The molecule has 17 heavy (non-hydrogen) atoms. The Labute approximate surface area is 108 Å². The highest BCUT2D eigenvalue weighted by atomic mass is 79.9. The fraction of sp³-hybridized carbons (Fsp3) is 0.154. The van der Waals surface area contributed by atoms with Crippen molar-refractivity contribution in [3.63, 3.8) is 0 Å². The first-order chi connectivity index (χ1) is 8.16. The molecule has 0 saturated carbocycles. The van der Waals surface area contributed by atoms with Crippen LogP contribution in [0.1, 0.15) is 16.1 Å². The Morgan fingerprint density at radius 2 is 2.00 bits per heavy atom. The van der Waals surface area contributed by atoms with E-state index < -0.39 is 0 Å². The molecular weight excluding hydrogens is 282 g/mol. The van der Waals surface area contributed by atoms with E-state index in [4.69, 9.17) is 4.42 Å². The second-order valence-corrected chi connectivity index (χ2v) is 4.68. The number of hydrogen-bond donors (Lipinski definition) is 0. The van der Waals surface area contributed by atoms with Crippen LogP contribution in [-0.2, 0) is 6.54 Å². The number of halogens is 1. The maximum atomic E-state index is 11.9. The first-order valence-corrected chi connectivity index (χ1v) is 5.99. The van der Waals surface area contributed by atoms with Crippen molar-refractivity contribution in [2.45, 2.75) is 6.54 Å². The minimum Gasteiger partial charge on any atom is -0.459 e. The van der Waals surface area contributed by atoms with Crippen LogP contribution in [0.25, 0.3) is 0 Å². The van der Waals surface area contributed by atoms with Crippen molar-refractivity contribution >= 4 is 21.8 Å². The predicted molar refractivity (Wildman–Crippen MR) is 68.6 cm³/mol. The van der Waals surface area contributed by atoms with E-state index in [1.54, 1.807) is 24.1 Å². The predicted octanol–water partition coefficient (Wildman–Crippen LogP) is 3.31. The molecule has 0 bridgehead atoms. The summed E-state index contributed by atoms with van der Waals surface area (Å²) in [5.74, 6) is 0.252. The van der Waals surface area contributed by atoms with Gasteiger partial charge in [-0.05, 0) is 29.8 Å². The highest BCUT2D eigenvalue weighted by molar-refractivity contribution is 9.10. The van der Waals surface area contributed by atoms with Gasteiger partial charge in [-0.15, -0.1) is 0 Å². The molecular formula is C13H12BrNO2. The highest BCUT2D eigenvalue weighted by Gasteiger charge is 2.14. The van der Waals surface area contributed by atoms with E-state index in [2.05, 4.69) is 15.9 Å². The first-order valence-electron chi connectivity index (χ1n) is 5.20. The maximum absolute atomic E-state index is 11.9. The lowest BCUT2D eigenvalue weighted by Crippen LogP contribution is -2.25. The van der Waals surface area contributed by atoms with Crippen LogP contribution < -0.4 is 0 Å². The molecule has 0 aliphatic heterocycles. The summed E-state index contributed by atoms with van der Waals surface area (Å²) < 4.78 is 6.10. The van der Waals surface area contributed by atoms with Gasteiger partial charge in [0.25, 0.3) is 5.91 Å². The second-order valence-electron chi connectivity index (χ2n) is 3.76. The Balaban J connectivity index is 2.04. The molecule has 4 heteroatoms. The summed E-state index contributed by atoms with van der Waals surface area (Å²) in [5, 5.41) is 0. The standard InChI is InChI=1S/C13H12BrNO2/c1-15(13(16)12-3-2-8-17-12)9-10-4-6-11(14)7-5-10/h2-8H,9H2,1H3. The average molecular weight is 294 g/mol. The Hall–Kier alpha value is -1.55. The van der Waals surface area contributed by atoms with Crippen molar-refractivity contribution < 1.29 is 9.21 Å². The molecule has 0 saturated heterocycles. The number of amides is 1. The Bertz CT molecular complexity index is 491.